The molecule has 5 saturated carbocycles. The maximum Gasteiger partial charge on any atom is 0.0543 e. The van der Waals surface area contributed by atoms with E-state index < -0.39 is 0 Å². The highest BCUT2D eigenvalue weighted by Crippen LogP contribution is 2.87. The molecule has 0 saturated heterocycles. The van der Waals surface area contributed by atoms with Gasteiger partial charge in [-0.3, -0.25) is 0 Å². The van der Waals surface area contributed by atoms with E-state index in [1.165, 1.54) is 69.8 Å². The van der Waals surface area contributed by atoms with Gasteiger partial charge in [0.25, 0.3) is 0 Å². The van der Waals surface area contributed by atoms with Crippen molar-refractivity contribution in [3.63, 3.8) is 0 Å². The Labute approximate surface area is 180 Å². The van der Waals surface area contributed by atoms with Gasteiger partial charge in [-0.2, -0.15) is 0 Å². The molecule has 0 amide bonds. The third kappa shape index (κ3) is 2.61. The number of aliphatic hydroxyl groups is 1. The average molecular weight is 399 g/mol. The predicted molar refractivity (Wildman–Crippen MR) is 122 cm³/mol. The third-order valence-corrected chi connectivity index (χ3v) is 12.0. The Balaban J connectivity index is 1.38. The Bertz CT molecular complexity index is 690. The van der Waals surface area contributed by atoms with Crippen molar-refractivity contribution in [1.29, 1.82) is 0 Å². The number of fused-ring (bicyclic) bond motifs is 2. The zero-order valence-corrected chi connectivity index (χ0v) is 19.9. The van der Waals surface area contributed by atoms with Crippen molar-refractivity contribution in [3.05, 3.63) is 11.6 Å². The Morgan fingerprint density at radius 3 is 2.52 bits per heavy atom. The molecular formula is C28H46O. The third-order valence-electron chi connectivity index (χ3n) is 12.0. The normalized spacial score (nSPS) is 53.9. The van der Waals surface area contributed by atoms with Crippen LogP contribution in [0.4, 0.5) is 0 Å². The van der Waals surface area contributed by atoms with Gasteiger partial charge in [-0.15, -0.1) is 0 Å². The lowest BCUT2D eigenvalue weighted by Crippen LogP contribution is -2.55. The number of hydrogen-bond acceptors (Lipinski definition) is 1. The SMILES string of the molecule is CC(C)=CCC[C@@H](C)[C@H]1CC[C@@]2(C)[C@@H]3CC[C@H]4C[C@@H](O)CC[C@@]45C[C@@]35CC[C@]12C. The number of aliphatic hydroxyl groups excluding tert-OH is 1. The fourth-order valence-corrected chi connectivity index (χ4v) is 10.4. The van der Waals surface area contributed by atoms with Crippen molar-refractivity contribution in [1.82, 2.24) is 0 Å². The van der Waals surface area contributed by atoms with Gasteiger partial charge in [0.2, 0.25) is 0 Å². The van der Waals surface area contributed by atoms with E-state index in [0.717, 1.165) is 36.5 Å². The Kier molecular flexibility index (Phi) is 4.69. The number of hydrogen-bond donors (Lipinski definition) is 1. The Morgan fingerprint density at radius 1 is 0.966 bits per heavy atom. The summed E-state index contributed by atoms with van der Waals surface area (Å²) in [5.74, 6) is 3.60. The lowest BCUT2D eigenvalue weighted by Gasteiger charge is -2.61. The highest BCUT2D eigenvalue weighted by Gasteiger charge is 2.80. The second kappa shape index (κ2) is 6.60. The lowest BCUT2D eigenvalue weighted by atomic mass is 9.43. The van der Waals surface area contributed by atoms with Crippen LogP contribution in [0.1, 0.15) is 112 Å². The molecule has 5 fully saturated rings. The molecule has 29 heavy (non-hydrogen) atoms. The van der Waals surface area contributed by atoms with Crippen LogP contribution in [0.5, 0.6) is 0 Å². The van der Waals surface area contributed by atoms with E-state index in [-0.39, 0.29) is 6.10 Å². The van der Waals surface area contributed by atoms with Crippen LogP contribution in [-0.4, -0.2) is 11.2 Å². The van der Waals surface area contributed by atoms with Crippen LogP contribution in [0.25, 0.3) is 0 Å². The molecule has 2 spiro atoms. The predicted octanol–water partition coefficient (Wildman–Crippen LogP) is 7.53. The summed E-state index contributed by atoms with van der Waals surface area (Å²) in [6.07, 6.45) is 19.0. The van der Waals surface area contributed by atoms with Gasteiger partial charge < -0.3 is 5.11 Å². The first-order valence-electron chi connectivity index (χ1n) is 13.0. The van der Waals surface area contributed by atoms with E-state index in [2.05, 4.69) is 40.7 Å². The van der Waals surface area contributed by atoms with Gasteiger partial charge in [-0.1, -0.05) is 32.4 Å². The Hall–Kier alpha value is -0.300. The van der Waals surface area contributed by atoms with Crippen molar-refractivity contribution in [3.8, 4) is 0 Å². The molecule has 5 aliphatic rings. The van der Waals surface area contributed by atoms with E-state index in [4.69, 9.17) is 0 Å². The van der Waals surface area contributed by atoms with Crippen LogP contribution >= 0.6 is 0 Å². The highest BCUT2D eigenvalue weighted by molar-refractivity contribution is 5.29. The first-order valence-corrected chi connectivity index (χ1v) is 13.0. The zero-order valence-electron chi connectivity index (χ0n) is 19.9. The van der Waals surface area contributed by atoms with E-state index in [1.807, 2.05) is 0 Å². The molecule has 0 radical (unpaired) electrons. The minimum atomic E-state index is 0.00165. The molecule has 1 N–H and O–H groups in total. The van der Waals surface area contributed by atoms with Crippen LogP contribution in [0.3, 0.4) is 0 Å². The monoisotopic (exact) mass is 398 g/mol. The van der Waals surface area contributed by atoms with Crippen LogP contribution in [0.2, 0.25) is 0 Å². The molecule has 5 aliphatic carbocycles. The summed E-state index contributed by atoms with van der Waals surface area (Å²) in [5.41, 5.74) is 3.91. The highest BCUT2D eigenvalue weighted by atomic mass is 16.3. The van der Waals surface area contributed by atoms with Crippen molar-refractivity contribution in [2.24, 2.45) is 45.3 Å². The van der Waals surface area contributed by atoms with Crippen LogP contribution in [-0.2, 0) is 0 Å². The Morgan fingerprint density at radius 2 is 1.76 bits per heavy atom. The van der Waals surface area contributed by atoms with Gasteiger partial charge in [0, 0.05) is 0 Å². The summed E-state index contributed by atoms with van der Waals surface area (Å²) in [6, 6.07) is 0. The topological polar surface area (TPSA) is 20.2 Å². The summed E-state index contributed by atoms with van der Waals surface area (Å²) >= 11 is 0. The van der Waals surface area contributed by atoms with Crippen molar-refractivity contribution in [2.45, 2.75) is 118 Å². The summed E-state index contributed by atoms with van der Waals surface area (Å²) in [5, 5.41) is 10.3. The summed E-state index contributed by atoms with van der Waals surface area (Å²) < 4.78 is 0. The minimum absolute atomic E-state index is 0.00165. The molecule has 0 aromatic heterocycles. The van der Waals surface area contributed by atoms with E-state index in [0.29, 0.717) is 21.7 Å². The second-order valence-corrected chi connectivity index (χ2v) is 13.1. The standard InChI is InChI=1S/C28H46O/c1-19(2)7-6-8-20(3)23-12-13-26(5)24-10-9-21-17-22(29)11-14-27(21)18-28(24,27)16-15-25(23,26)4/h7,20-24,29H,6,8-18H2,1-5H3/t20-,21+,22+,23-,24+,25-,26+,27-,28+/m1/s1. The fraction of sp³-hybridized carbons (Fsp3) is 0.929. The molecule has 164 valence electrons. The van der Waals surface area contributed by atoms with E-state index >= 15 is 0 Å². The molecule has 1 nitrogen and oxygen atoms in total. The van der Waals surface area contributed by atoms with Crippen molar-refractivity contribution in [2.75, 3.05) is 0 Å². The van der Waals surface area contributed by atoms with Gasteiger partial charge in [0.1, 0.15) is 0 Å². The van der Waals surface area contributed by atoms with Gasteiger partial charge in [-0.05, 0) is 136 Å². The van der Waals surface area contributed by atoms with E-state index in [1.54, 1.807) is 0 Å². The maximum absolute atomic E-state index is 10.3. The van der Waals surface area contributed by atoms with Crippen LogP contribution in [0.15, 0.2) is 11.6 Å². The second-order valence-electron chi connectivity index (χ2n) is 13.1. The summed E-state index contributed by atoms with van der Waals surface area (Å²) in [6.45, 7) is 12.5. The van der Waals surface area contributed by atoms with E-state index in [9.17, 15) is 5.11 Å². The molecule has 0 aromatic carbocycles. The largest absolute Gasteiger partial charge is 0.393 e. The van der Waals surface area contributed by atoms with Crippen LogP contribution in [0, 0.1) is 45.3 Å². The van der Waals surface area contributed by atoms with Gasteiger partial charge in [0.05, 0.1) is 6.10 Å². The first-order chi connectivity index (χ1) is 13.7. The molecule has 1 heteroatoms. The van der Waals surface area contributed by atoms with Gasteiger partial charge in [-0.25, -0.2) is 0 Å². The smallest absolute Gasteiger partial charge is 0.0543 e. The molecule has 0 unspecified atom stereocenters. The quantitative estimate of drug-likeness (QED) is 0.485. The minimum Gasteiger partial charge on any atom is -0.393 e. The molecular weight excluding hydrogens is 352 g/mol. The summed E-state index contributed by atoms with van der Waals surface area (Å²) in [7, 11) is 0. The number of rotatable bonds is 4. The van der Waals surface area contributed by atoms with Gasteiger partial charge >= 0.3 is 0 Å². The fourth-order valence-electron chi connectivity index (χ4n) is 10.4. The van der Waals surface area contributed by atoms with Crippen molar-refractivity contribution >= 4 is 0 Å². The van der Waals surface area contributed by atoms with Crippen LogP contribution < -0.4 is 0 Å². The van der Waals surface area contributed by atoms with Gasteiger partial charge in [0.15, 0.2) is 0 Å². The maximum atomic E-state index is 10.3. The molecule has 0 heterocycles. The first kappa shape index (κ1) is 20.6. The zero-order chi connectivity index (χ0) is 20.7. The molecule has 5 rings (SSSR count). The summed E-state index contributed by atoms with van der Waals surface area (Å²) in [4.78, 5) is 0. The average Bonchev–Trinajstić information content (AvgIpc) is 3.24. The molecule has 9 atom stereocenters. The number of allylic oxidation sites excluding steroid dienone is 2. The van der Waals surface area contributed by atoms with Crippen molar-refractivity contribution < 1.29 is 5.11 Å². The molecule has 0 aliphatic heterocycles. The lowest BCUT2D eigenvalue weighted by molar-refractivity contribution is -0.133. The molecule has 0 bridgehead atoms. The molecule has 0 aromatic rings.